The Kier molecular flexibility index (Phi) is 12.4. The van der Waals surface area contributed by atoms with Crippen molar-refractivity contribution in [1.82, 2.24) is 21.1 Å². The Balaban J connectivity index is 0.00000182. The molecule has 1 unspecified atom stereocenters. The summed E-state index contributed by atoms with van der Waals surface area (Å²) in [5.41, 5.74) is -0.846. The average molecular weight is 485 g/mol. The molecule has 12 nitrogen and oxygen atoms in total. The number of methoxy groups -OCH3 is 2. The number of ether oxygens (including phenoxy) is 3. The van der Waals surface area contributed by atoms with Gasteiger partial charge in [-0.05, 0) is 25.7 Å². The van der Waals surface area contributed by atoms with Gasteiger partial charge in [0.2, 0.25) is 11.8 Å². The Labute approximate surface area is 199 Å². The molecule has 0 aliphatic carbocycles. The van der Waals surface area contributed by atoms with Gasteiger partial charge in [-0.1, -0.05) is 19.0 Å². The largest absolute Gasteiger partial charge is 0.388 e. The van der Waals surface area contributed by atoms with Crippen molar-refractivity contribution in [3.8, 4) is 0 Å². The quantitative estimate of drug-likeness (QED) is 0.329. The zero-order chi connectivity index (χ0) is 25.7. The predicted molar refractivity (Wildman–Crippen MR) is 121 cm³/mol. The number of rotatable bonds is 13. The number of amides is 3. The lowest BCUT2D eigenvalue weighted by molar-refractivity contribution is -0.131. The van der Waals surface area contributed by atoms with E-state index in [0.29, 0.717) is 18.9 Å². The summed E-state index contributed by atoms with van der Waals surface area (Å²) in [6, 6.07) is -0.386. The van der Waals surface area contributed by atoms with E-state index < -0.39 is 35.4 Å². The molecule has 2 heterocycles. The van der Waals surface area contributed by atoms with Crippen LogP contribution in [0.2, 0.25) is 0 Å². The highest BCUT2D eigenvalue weighted by atomic mass is 16.6. The zero-order valence-corrected chi connectivity index (χ0v) is 20.6. The highest BCUT2D eigenvalue weighted by molar-refractivity contribution is 5.98. The fourth-order valence-electron chi connectivity index (χ4n) is 2.84. The van der Waals surface area contributed by atoms with E-state index in [1.54, 1.807) is 21.1 Å². The molecule has 3 atom stereocenters. The minimum Gasteiger partial charge on any atom is -0.388 e. The Morgan fingerprint density at radius 2 is 1.76 bits per heavy atom. The van der Waals surface area contributed by atoms with Gasteiger partial charge < -0.3 is 34.7 Å². The number of ketones is 1. The normalized spacial score (nSPS) is 18.2. The van der Waals surface area contributed by atoms with E-state index in [1.165, 1.54) is 19.4 Å². The Hall–Kier alpha value is -2.83. The first kappa shape index (κ1) is 29.2. The molecule has 1 fully saturated rings. The molecule has 2 rings (SSSR count). The van der Waals surface area contributed by atoms with Crippen molar-refractivity contribution in [2.45, 2.75) is 51.3 Å². The second-order valence-electron chi connectivity index (χ2n) is 8.47. The first-order valence-electron chi connectivity index (χ1n) is 10.9. The number of Topliss-reactive ketones (excluding diaryl/α,β-unsaturated/α-hetero) is 1. The van der Waals surface area contributed by atoms with E-state index >= 15 is 0 Å². The first-order valence-corrected chi connectivity index (χ1v) is 10.9. The highest BCUT2D eigenvalue weighted by Crippen LogP contribution is 2.29. The van der Waals surface area contributed by atoms with Crippen molar-refractivity contribution in [2.24, 2.45) is 5.92 Å². The van der Waals surface area contributed by atoms with Gasteiger partial charge in [0, 0.05) is 27.4 Å². The van der Waals surface area contributed by atoms with Gasteiger partial charge in [-0.15, -0.1) is 0 Å². The molecule has 3 amide bonds. The number of aromatic nitrogens is 1. The number of epoxide rings is 1. The lowest BCUT2D eigenvalue weighted by atomic mass is 9.94. The third kappa shape index (κ3) is 9.98. The van der Waals surface area contributed by atoms with Gasteiger partial charge in [0.05, 0.1) is 25.8 Å². The molecule has 1 saturated heterocycles. The maximum absolute atomic E-state index is 12.6. The van der Waals surface area contributed by atoms with E-state index in [0.717, 1.165) is 6.42 Å². The zero-order valence-electron chi connectivity index (χ0n) is 20.6. The number of carbonyl (C=O) groups excluding carboxylic acids is 4. The molecule has 34 heavy (non-hydrogen) atoms. The summed E-state index contributed by atoms with van der Waals surface area (Å²) < 4.78 is 19.0. The topological polar surface area (TPSA) is 161 Å². The van der Waals surface area contributed by atoms with Crippen molar-refractivity contribution >= 4 is 23.5 Å². The average Bonchev–Trinajstić information content (AvgIpc) is 3.30. The smallest absolute Gasteiger partial charge is 0.274 e. The lowest BCUT2D eigenvalue weighted by Crippen LogP contribution is -2.53. The number of hydrogen-bond donors (Lipinski definition) is 3. The summed E-state index contributed by atoms with van der Waals surface area (Å²) in [5.74, 6) is -1.56. The molecular weight excluding hydrogens is 448 g/mol. The van der Waals surface area contributed by atoms with E-state index in [4.69, 9.17) is 9.47 Å². The Bertz CT molecular complexity index is 793. The van der Waals surface area contributed by atoms with Gasteiger partial charge in [0.15, 0.2) is 11.5 Å². The molecule has 0 radical (unpaired) electrons. The van der Waals surface area contributed by atoms with Crippen LogP contribution in [0.3, 0.4) is 0 Å². The van der Waals surface area contributed by atoms with E-state index in [1.807, 2.05) is 13.8 Å². The van der Waals surface area contributed by atoms with Crippen LogP contribution in [0, 0.1) is 5.92 Å². The van der Waals surface area contributed by atoms with Crippen LogP contribution in [0.5, 0.6) is 0 Å². The maximum Gasteiger partial charge on any atom is 0.274 e. The van der Waals surface area contributed by atoms with Crippen LogP contribution in [0.25, 0.3) is 0 Å². The molecule has 1 aliphatic rings. The molecule has 12 heteroatoms. The lowest BCUT2D eigenvalue weighted by Gasteiger charge is -2.21. The van der Waals surface area contributed by atoms with Gasteiger partial charge in [0.25, 0.3) is 5.91 Å². The van der Waals surface area contributed by atoms with Gasteiger partial charge in [-0.25, -0.2) is 0 Å². The van der Waals surface area contributed by atoms with Crippen LogP contribution in [-0.4, -0.2) is 87.4 Å². The third-order valence-corrected chi connectivity index (χ3v) is 4.83. The molecule has 1 aliphatic heterocycles. The van der Waals surface area contributed by atoms with Crippen LogP contribution in [0.1, 0.15) is 44.1 Å². The number of carbonyl (C=O) groups is 4. The number of nitrogens with one attached hydrogen (secondary N) is 3. The van der Waals surface area contributed by atoms with Crippen molar-refractivity contribution in [3.63, 3.8) is 0 Å². The second kappa shape index (κ2) is 14.4. The van der Waals surface area contributed by atoms with Crippen molar-refractivity contribution < 1.29 is 37.9 Å². The molecule has 0 spiro atoms. The predicted octanol–water partition coefficient (Wildman–Crippen LogP) is 0.0772. The summed E-state index contributed by atoms with van der Waals surface area (Å²) in [7, 11) is 4.63. The van der Waals surface area contributed by atoms with Crippen LogP contribution < -0.4 is 16.0 Å². The van der Waals surface area contributed by atoms with Crippen molar-refractivity contribution in [3.05, 3.63) is 18.0 Å². The fourth-order valence-corrected chi connectivity index (χ4v) is 2.84. The van der Waals surface area contributed by atoms with Crippen molar-refractivity contribution in [2.75, 3.05) is 41.1 Å². The molecule has 0 saturated carbocycles. The summed E-state index contributed by atoms with van der Waals surface area (Å²) >= 11 is 0. The van der Waals surface area contributed by atoms with Gasteiger partial charge >= 0.3 is 0 Å². The molecule has 192 valence electrons. The van der Waals surface area contributed by atoms with Crippen LogP contribution in [-0.2, 0) is 28.6 Å². The summed E-state index contributed by atoms with van der Waals surface area (Å²) in [6.07, 6.45) is 2.47. The minimum atomic E-state index is -1.04. The molecule has 1 aromatic rings. The Morgan fingerprint density at radius 3 is 2.26 bits per heavy atom. The van der Waals surface area contributed by atoms with Crippen LogP contribution >= 0.6 is 0 Å². The van der Waals surface area contributed by atoms with E-state index in [9.17, 15) is 19.2 Å². The fraction of sp³-hybridized carbons (Fsp3) is 0.682. The Morgan fingerprint density at radius 1 is 1.12 bits per heavy atom. The van der Waals surface area contributed by atoms with Gasteiger partial charge in [-0.3, -0.25) is 19.2 Å². The third-order valence-electron chi connectivity index (χ3n) is 4.83. The molecule has 0 aromatic carbocycles. The monoisotopic (exact) mass is 484 g/mol. The molecule has 1 aromatic heterocycles. The summed E-state index contributed by atoms with van der Waals surface area (Å²) in [5, 5.41) is 11.1. The second-order valence-corrected chi connectivity index (χ2v) is 8.47. The SMILES string of the molecule is COC.COC[C@H](NC(=O)c1ccon1)C(=O)NCC(=O)N[C@@H](CCC(C)C)C(=O)C1(C)CO1. The minimum absolute atomic E-state index is 0.00828. The van der Waals surface area contributed by atoms with E-state index in [2.05, 4.69) is 30.4 Å². The van der Waals surface area contributed by atoms with Crippen LogP contribution in [0.15, 0.2) is 16.9 Å². The van der Waals surface area contributed by atoms with Crippen molar-refractivity contribution in [1.29, 1.82) is 0 Å². The maximum atomic E-state index is 12.6. The van der Waals surface area contributed by atoms with Gasteiger partial charge in [0.1, 0.15) is 17.9 Å². The highest BCUT2D eigenvalue weighted by Gasteiger charge is 2.49. The van der Waals surface area contributed by atoms with Gasteiger partial charge in [-0.2, -0.15) is 0 Å². The summed E-state index contributed by atoms with van der Waals surface area (Å²) in [4.78, 5) is 49.5. The molecule has 3 N–H and O–H groups in total. The first-order chi connectivity index (χ1) is 16.1. The standard InChI is InChI=1S/C20H30N4O7.C2H6O/c1-12(2)5-6-13(17(26)20(3)11-30-20)22-16(25)9-21-18(27)15(10-29-4)23-19(28)14-7-8-31-24-14;1-3-2/h7-8,12-13,15H,5-6,9-11H2,1-4H3,(H,21,27)(H,22,25)(H,23,28);1-2H3/t13-,15-,20?;/m0./s1. The molecular formula is C22H36N4O8. The summed E-state index contributed by atoms with van der Waals surface area (Å²) in [6.45, 7) is 5.62. The molecule has 0 bridgehead atoms. The number of nitrogens with zero attached hydrogens (tertiary/aromatic N) is 1. The van der Waals surface area contributed by atoms with E-state index in [-0.39, 0.29) is 24.6 Å². The van der Waals surface area contributed by atoms with Crippen LogP contribution in [0.4, 0.5) is 0 Å². The number of hydrogen-bond acceptors (Lipinski definition) is 9.